The summed E-state index contributed by atoms with van der Waals surface area (Å²) in [6, 6.07) is 17.1. The van der Waals surface area contributed by atoms with E-state index in [0.717, 1.165) is 22.0 Å². The normalized spacial score (nSPS) is 12.2. The zero-order valence-electron chi connectivity index (χ0n) is 17.2. The highest BCUT2D eigenvalue weighted by molar-refractivity contribution is 9.10. The number of hydrogen-bond donors (Lipinski definition) is 0. The first-order chi connectivity index (χ1) is 13.9. The number of carbonyl (C=O) groups excluding carboxylic acids is 2. The van der Waals surface area contributed by atoms with Crippen molar-refractivity contribution in [1.29, 1.82) is 0 Å². The first kappa shape index (κ1) is 22.8. The Labute approximate surface area is 181 Å². The molecule has 0 aliphatic heterocycles. The van der Waals surface area contributed by atoms with Crippen LogP contribution in [-0.4, -0.2) is 11.8 Å². The Bertz CT molecular complexity index is 895. The predicted molar refractivity (Wildman–Crippen MR) is 121 cm³/mol. The van der Waals surface area contributed by atoms with Gasteiger partial charge in [-0.3, -0.25) is 4.79 Å². The van der Waals surface area contributed by atoms with Gasteiger partial charge >= 0.3 is 5.97 Å². The van der Waals surface area contributed by atoms with Crippen LogP contribution < -0.4 is 0 Å². The summed E-state index contributed by atoms with van der Waals surface area (Å²) in [5.41, 5.74) is 2.89. The van der Waals surface area contributed by atoms with Gasteiger partial charge in [-0.25, -0.2) is 4.79 Å². The molecule has 152 valence electrons. The van der Waals surface area contributed by atoms with Crippen LogP contribution in [0.5, 0.6) is 0 Å². The van der Waals surface area contributed by atoms with Crippen molar-refractivity contribution in [3.63, 3.8) is 0 Å². The van der Waals surface area contributed by atoms with Gasteiger partial charge in [-0.1, -0.05) is 91.3 Å². The molecule has 0 heterocycles. The van der Waals surface area contributed by atoms with Crippen molar-refractivity contribution in [2.24, 2.45) is 5.92 Å². The van der Waals surface area contributed by atoms with Crippen LogP contribution >= 0.6 is 15.9 Å². The lowest BCUT2D eigenvalue weighted by molar-refractivity contribution is -0.138. The first-order valence-electron chi connectivity index (χ1n) is 9.83. The predicted octanol–water partition coefficient (Wildman–Crippen LogP) is 6.53. The van der Waals surface area contributed by atoms with Gasteiger partial charge in [0.1, 0.15) is 6.61 Å². The smallest absolute Gasteiger partial charge is 0.331 e. The minimum Gasteiger partial charge on any atom is -0.458 e. The Kier molecular flexibility index (Phi) is 9.07. The van der Waals surface area contributed by atoms with Gasteiger partial charge < -0.3 is 4.74 Å². The van der Waals surface area contributed by atoms with E-state index in [4.69, 9.17) is 4.74 Å². The van der Waals surface area contributed by atoms with Crippen molar-refractivity contribution in [3.8, 4) is 0 Å². The molecular formula is C25H27BrO3. The molecule has 0 bridgehead atoms. The number of carbonyl (C=O) groups is 2. The van der Waals surface area contributed by atoms with E-state index < -0.39 is 5.97 Å². The molecule has 0 radical (unpaired) electrons. The summed E-state index contributed by atoms with van der Waals surface area (Å²) < 4.78 is 6.35. The molecule has 0 fully saturated rings. The maximum absolute atomic E-state index is 12.7. The molecule has 0 aromatic heterocycles. The number of benzene rings is 2. The number of ether oxygens (including phenoxy) is 1. The summed E-state index contributed by atoms with van der Waals surface area (Å²) >= 11 is 3.46. The van der Waals surface area contributed by atoms with Gasteiger partial charge in [-0.2, -0.15) is 0 Å². The van der Waals surface area contributed by atoms with E-state index >= 15 is 0 Å². The Balaban J connectivity index is 2.36. The van der Waals surface area contributed by atoms with E-state index in [1.165, 1.54) is 6.08 Å². The van der Waals surface area contributed by atoms with Gasteiger partial charge in [0.2, 0.25) is 0 Å². The number of halogens is 1. The molecule has 0 N–H and O–H groups in total. The van der Waals surface area contributed by atoms with Gasteiger partial charge in [0.15, 0.2) is 5.78 Å². The number of rotatable bonds is 9. The molecule has 0 atom stereocenters. The number of ketones is 1. The van der Waals surface area contributed by atoms with Crippen LogP contribution in [0.3, 0.4) is 0 Å². The lowest BCUT2D eigenvalue weighted by atomic mass is 9.91. The quantitative estimate of drug-likeness (QED) is 0.245. The van der Waals surface area contributed by atoms with Crippen molar-refractivity contribution in [3.05, 3.63) is 87.9 Å². The number of hydrogen-bond acceptors (Lipinski definition) is 3. The minimum atomic E-state index is -0.473. The van der Waals surface area contributed by atoms with E-state index in [2.05, 4.69) is 29.8 Å². The third-order valence-corrected chi connectivity index (χ3v) is 5.15. The number of allylic oxidation sites excluding steroid dienone is 3. The molecule has 2 aromatic carbocycles. The summed E-state index contributed by atoms with van der Waals surface area (Å²) in [6.07, 6.45) is 4.51. The van der Waals surface area contributed by atoms with E-state index in [9.17, 15) is 9.59 Å². The van der Waals surface area contributed by atoms with Crippen LogP contribution in [-0.2, 0) is 20.9 Å². The highest BCUT2D eigenvalue weighted by Gasteiger charge is 2.17. The lowest BCUT2D eigenvalue weighted by Crippen LogP contribution is -2.08. The van der Waals surface area contributed by atoms with Crippen molar-refractivity contribution >= 4 is 33.3 Å². The SMILES string of the molecule is CCC(=O)C(=C\CC(C)C)/C(=C/C(=O)OCc1ccccc1Br)c1ccccc1. The van der Waals surface area contributed by atoms with Crippen LogP contribution in [0, 0.1) is 5.92 Å². The maximum atomic E-state index is 12.7. The van der Waals surface area contributed by atoms with Crippen LogP contribution in [0.4, 0.5) is 0 Å². The van der Waals surface area contributed by atoms with Gasteiger partial charge in [0.05, 0.1) is 0 Å². The molecule has 0 unspecified atom stereocenters. The first-order valence-corrected chi connectivity index (χ1v) is 10.6. The summed E-state index contributed by atoms with van der Waals surface area (Å²) in [7, 11) is 0. The summed E-state index contributed by atoms with van der Waals surface area (Å²) in [5.74, 6) is -0.0487. The van der Waals surface area contributed by atoms with Crippen LogP contribution in [0.15, 0.2) is 76.8 Å². The van der Waals surface area contributed by atoms with E-state index in [1.807, 2.05) is 67.6 Å². The zero-order chi connectivity index (χ0) is 21.2. The van der Waals surface area contributed by atoms with Gasteiger partial charge in [0, 0.05) is 28.1 Å². The highest BCUT2D eigenvalue weighted by atomic mass is 79.9. The standard InChI is InChI=1S/C25H27BrO3/c1-4-24(27)21(15-14-18(2)3)22(19-10-6-5-7-11-19)16-25(28)29-17-20-12-8-9-13-23(20)26/h5-13,15-16,18H,4,14,17H2,1-3H3/b21-15-,22-16+. The number of Topliss-reactive ketones (excluding diaryl/α,β-unsaturated/α-hetero) is 1. The molecule has 3 nitrogen and oxygen atoms in total. The molecule has 0 amide bonds. The topological polar surface area (TPSA) is 43.4 Å². The molecule has 0 aliphatic rings. The molecule has 0 saturated carbocycles. The lowest BCUT2D eigenvalue weighted by Gasteiger charge is -2.13. The fraction of sp³-hybridized carbons (Fsp3) is 0.280. The Morgan fingerprint density at radius 1 is 1.03 bits per heavy atom. The van der Waals surface area contributed by atoms with Crippen LogP contribution in [0.1, 0.15) is 44.7 Å². The largest absolute Gasteiger partial charge is 0.458 e. The molecule has 0 spiro atoms. The minimum absolute atomic E-state index is 0.0133. The zero-order valence-corrected chi connectivity index (χ0v) is 18.7. The molecule has 0 saturated heterocycles. The van der Waals surface area contributed by atoms with Gasteiger partial charge in [-0.15, -0.1) is 0 Å². The van der Waals surface area contributed by atoms with Gasteiger partial charge in [0.25, 0.3) is 0 Å². The van der Waals surface area contributed by atoms with Crippen molar-refractivity contribution in [1.82, 2.24) is 0 Å². The van der Waals surface area contributed by atoms with Crippen LogP contribution in [0.25, 0.3) is 5.57 Å². The average molecular weight is 455 g/mol. The molecule has 2 aromatic rings. The fourth-order valence-electron chi connectivity index (χ4n) is 2.78. The third-order valence-electron chi connectivity index (χ3n) is 4.38. The Hall–Kier alpha value is -2.46. The highest BCUT2D eigenvalue weighted by Crippen LogP contribution is 2.26. The molecule has 2 rings (SSSR count). The van der Waals surface area contributed by atoms with Gasteiger partial charge in [-0.05, 0) is 29.5 Å². The second kappa shape index (κ2) is 11.5. The monoisotopic (exact) mass is 454 g/mol. The molecular weight excluding hydrogens is 428 g/mol. The molecule has 0 aliphatic carbocycles. The molecule has 4 heteroatoms. The van der Waals surface area contributed by atoms with Crippen LogP contribution in [0.2, 0.25) is 0 Å². The third kappa shape index (κ3) is 7.13. The Morgan fingerprint density at radius 3 is 2.31 bits per heavy atom. The summed E-state index contributed by atoms with van der Waals surface area (Å²) in [5, 5.41) is 0. The van der Waals surface area contributed by atoms with Crippen molar-refractivity contribution in [2.45, 2.75) is 40.2 Å². The van der Waals surface area contributed by atoms with Crippen molar-refractivity contribution < 1.29 is 14.3 Å². The Morgan fingerprint density at radius 2 is 1.69 bits per heavy atom. The second-order valence-electron chi connectivity index (χ2n) is 7.15. The summed E-state index contributed by atoms with van der Waals surface area (Å²) in [4.78, 5) is 25.3. The van der Waals surface area contributed by atoms with E-state index in [0.29, 0.717) is 23.5 Å². The average Bonchev–Trinajstić information content (AvgIpc) is 2.72. The van der Waals surface area contributed by atoms with Crippen molar-refractivity contribution in [2.75, 3.05) is 0 Å². The number of esters is 1. The summed E-state index contributed by atoms with van der Waals surface area (Å²) in [6.45, 7) is 6.19. The van der Waals surface area contributed by atoms with E-state index in [1.54, 1.807) is 0 Å². The van der Waals surface area contributed by atoms with E-state index in [-0.39, 0.29) is 12.4 Å². The second-order valence-corrected chi connectivity index (χ2v) is 8.00. The fourth-order valence-corrected chi connectivity index (χ4v) is 3.18. The molecule has 29 heavy (non-hydrogen) atoms. The maximum Gasteiger partial charge on any atom is 0.331 e.